The van der Waals surface area contributed by atoms with Crippen molar-refractivity contribution in [2.45, 2.75) is 255 Å². The maximum atomic E-state index is 10.6. The van der Waals surface area contributed by atoms with Gasteiger partial charge in [-0.1, -0.05) is 181 Å². The molecule has 2 aliphatic rings. The van der Waals surface area contributed by atoms with Gasteiger partial charge in [-0.2, -0.15) is 0 Å². The highest BCUT2D eigenvalue weighted by Crippen LogP contribution is 2.29. The van der Waals surface area contributed by atoms with Gasteiger partial charge in [-0.05, 0) is 12.8 Å². The summed E-state index contributed by atoms with van der Waals surface area (Å²) >= 11 is 0. The van der Waals surface area contributed by atoms with Crippen molar-refractivity contribution in [1.29, 1.82) is 0 Å². The van der Waals surface area contributed by atoms with Crippen LogP contribution in [0.25, 0.3) is 0 Å². The summed E-state index contributed by atoms with van der Waals surface area (Å²) in [4.78, 5) is 0. The molecule has 0 bridgehead atoms. The van der Waals surface area contributed by atoms with Crippen molar-refractivity contribution in [2.24, 2.45) is 0 Å². The first-order valence-electron chi connectivity index (χ1n) is 23.0. The lowest BCUT2D eigenvalue weighted by molar-refractivity contribution is -0.377. The van der Waals surface area contributed by atoms with Crippen LogP contribution in [0.1, 0.15) is 194 Å². The molecule has 0 unspecified atom stereocenters. The molecule has 0 aromatic heterocycles. The number of aliphatic hydroxyl groups is 6. The summed E-state index contributed by atoms with van der Waals surface area (Å²) in [5, 5.41) is 63.4. The smallest absolute Gasteiger partial charge is 0.189 e. The van der Waals surface area contributed by atoms with Crippen LogP contribution in [0.4, 0.5) is 0 Å². The predicted molar refractivity (Wildman–Crippen MR) is 217 cm³/mol. The summed E-state index contributed by atoms with van der Waals surface area (Å²) < 4.78 is 28.8. The van der Waals surface area contributed by atoms with Gasteiger partial charge in [0.15, 0.2) is 12.6 Å². The van der Waals surface area contributed by atoms with Crippen LogP contribution in [-0.2, 0) is 23.7 Å². The molecule has 2 heterocycles. The van der Waals surface area contributed by atoms with E-state index in [2.05, 4.69) is 13.8 Å². The summed E-state index contributed by atoms with van der Waals surface area (Å²) in [5.74, 6) is 0. The van der Waals surface area contributed by atoms with Gasteiger partial charge in [0.1, 0.15) is 48.8 Å². The lowest BCUT2D eigenvalue weighted by Gasteiger charge is -2.45. The molecule has 0 aromatic carbocycles. The summed E-state index contributed by atoms with van der Waals surface area (Å²) in [7, 11) is 0. The third kappa shape index (κ3) is 22.5. The zero-order valence-corrected chi connectivity index (χ0v) is 35.1. The maximum Gasteiger partial charge on any atom is 0.189 e. The SMILES string of the molecule is CCCCCCCCCCCCCCCCOC[C@H]1O[C@H](O[C@H]2O[C@H](COCCCCCCCCCCCCCCCC)[C@@H](O)[C@H](O)[C@H]2O)[C@H](O)[C@@H](O)[C@@H]1O. The second kappa shape index (κ2) is 33.4. The molecule has 11 heteroatoms. The zero-order valence-electron chi connectivity index (χ0n) is 35.1. The number of ether oxygens (including phenoxy) is 5. The van der Waals surface area contributed by atoms with E-state index in [1.54, 1.807) is 0 Å². The van der Waals surface area contributed by atoms with Crippen molar-refractivity contribution >= 4 is 0 Å². The van der Waals surface area contributed by atoms with Crippen LogP contribution >= 0.6 is 0 Å². The normalized spacial score (nSPS) is 28.6. The fourth-order valence-corrected chi connectivity index (χ4v) is 7.66. The second-order valence-corrected chi connectivity index (χ2v) is 16.5. The molecular weight excluding hydrogens is 704 g/mol. The molecule has 328 valence electrons. The number of unbranched alkanes of at least 4 members (excludes halogenated alkanes) is 26. The van der Waals surface area contributed by atoms with Crippen LogP contribution in [0.3, 0.4) is 0 Å². The third-order valence-electron chi connectivity index (χ3n) is 11.5. The molecule has 0 saturated carbocycles. The Morgan fingerprint density at radius 1 is 0.327 bits per heavy atom. The summed E-state index contributed by atoms with van der Waals surface area (Å²) in [6, 6.07) is 0. The zero-order chi connectivity index (χ0) is 39.9. The average molecular weight is 791 g/mol. The molecule has 0 amide bonds. The van der Waals surface area contributed by atoms with E-state index in [1.165, 1.54) is 141 Å². The molecule has 0 radical (unpaired) electrons. The van der Waals surface area contributed by atoms with Crippen molar-refractivity contribution in [2.75, 3.05) is 26.4 Å². The van der Waals surface area contributed by atoms with Crippen LogP contribution in [0.15, 0.2) is 0 Å². The van der Waals surface area contributed by atoms with Gasteiger partial charge in [0.2, 0.25) is 0 Å². The Labute approximate surface area is 335 Å². The predicted octanol–water partition coefficient (Wildman–Crippen LogP) is 7.61. The summed E-state index contributed by atoms with van der Waals surface area (Å²) in [6.45, 7) is 5.42. The first-order chi connectivity index (χ1) is 26.8. The lowest BCUT2D eigenvalue weighted by Crippen LogP contribution is -2.63. The van der Waals surface area contributed by atoms with E-state index in [9.17, 15) is 30.6 Å². The summed E-state index contributed by atoms with van der Waals surface area (Å²) in [6.07, 6.45) is 21.2. The van der Waals surface area contributed by atoms with Crippen molar-refractivity contribution in [3.8, 4) is 0 Å². The van der Waals surface area contributed by atoms with Gasteiger partial charge in [0.05, 0.1) is 13.2 Å². The highest BCUT2D eigenvalue weighted by atomic mass is 16.8. The quantitative estimate of drug-likeness (QED) is 0.0346. The molecule has 10 atom stereocenters. The molecule has 0 aromatic rings. The van der Waals surface area contributed by atoms with E-state index in [-0.39, 0.29) is 13.2 Å². The second-order valence-electron chi connectivity index (χ2n) is 16.5. The van der Waals surface area contributed by atoms with E-state index < -0.39 is 61.4 Å². The van der Waals surface area contributed by atoms with Crippen LogP contribution in [0, 0.1) is 0 Å². The summed E-state index contributed by atoms with van der Waals surface area (Å²) in [5.41, 5.74) is 0. The van der Waals surface area contributed by atoms with Crippen LogP contribution in [0.5, 0.6) is 0 Å². The Kier molecular flexibility index (Phi) is 30.8. The number of hydrogen-bond acceptors (Lipinski definition) is 11. The molecule has 11 nitrogen and oxygen atoms in total. The molecule has 0 aliphatic carbocycles. The standard InChI is InChI=1S/C44H86O11/c1-3-5-7-9-11-13-15-17-19-21-23-25-27-29-31-51-33-35-37(45)39(47)41(49)43(53-35)55-44-42(50)40(48)38(46)36(54-44)34-52-32-30-28-26-24-22-20-18-16-14-12-10-8-6-4-2/h35-50H,3-34H2,1-2H3/t35-,36-,37-,38-,39+,40+,41-,42-,43-,44-/m1/s1. The molecule has 2 saturated heterocycles. The topological polar surface area (TPSA) is 168 Å². The molecular formula is C44H86O11. The van der Waals surface area contributed by atoms with E-state index in [0.29, 0.717) is 13.2 Å². The fraction of sp³-hybridized carbons (Fsp3) is 1.00. The molecule has 55 heavy (non-hydrogen) atoms. The number of hydrogen-bond donors (Lipinski definition) is 6. The van der Waals surface area contributed by atoms with Gasteiger partial charge in [0.25, 0.3) is 0 Å². The van der Waals surface area contributed by atoms with Crippen LogP contribution < -0.4 is 0 Å². The molecule has 2 rings (SSSR count). The first kappa shape index (κ1) is 50.7. The highest BCUT2D eigenvalue weighted by molar-refractivity contribution is 4.92. The van der Waals surface area contributed by atoms with Crippen LogP contribution in [0.2, 0.25) is 0 Å². The molecule has 2 fully saturated rings. The van der Waals surface area contributed by atoms with Gasteiger partial charge >= 0.3 is 0 Å². The Morgan fingerprint density at radius 3 is 0.855 bits per heavy atom. The number of rotatable bonds is 36. The van der Waals surface area contributed by atoms with E-state index in [4.69, 9.17) is 23.7 Å². The fourth-order valence-electron chi connectivity index (χ4n) is 7.66. The van der Waals surface area contributed by atoms with E-state index >= 15 is 0 Å². The first-order valence-corrected chi connectivity index (χ1v) is 23.0. The minimum atomic E-state index is -1.65. The van der Waals surface area contributed by atoms with Crippen molar-refractivity contribution < 1.29 is 54.3 Å². The molecule has 0 spiro atoms. The molecule has 2 aliphatic heterocycles. The Balaban J connectivity index is 1.58. The Morgan fingerprint density at radius 2 is 0.582 bits per heavy atom. The Bertz CT molecular complexity index is 787. The van der Waals surface area contributed by atoms with E-state index in [1.807, 2.05) is 0 Å². The van der Waals surface area contributed by atoms with Crippen LogP contribution in [-0.4, -0.2) is 118 Å². The van der Waals surface area contributed by atoms with Gasteiger partial charge in [-0.15, -0.1) is 0 Å². The monoisotopic (exact) mass is 791 g/mol. The van der Waals surface area contributed by atoms with Gasteiger partial charge in [-0.25, -0.2) is 0 Å². The average Bonchev–Trinajstić information content (AvgIpc) is 3.18. The minimum absolute atomic E-state index is 0.0195. The van der Waals surface area contributed by atoms with Crippen molar-refractivity contribution in [1.82, 2.24) is 0 Å². The Hall–Kier alpha value is -0.440. The third-order valence-corrected chi connectivity index (χ3v) is 11.5. The largest absolute Gasteiger partial charge is 0.387 e. The lowest BCUT2D eigenvalue weighted by atomic mass is 9.98. The van der Waals surface area contributed by atoms with Crippen molar-refractivity contribution in [3.63, 3.8) is 0 Å². The highest BCUT2D eigenvalue weighted by Gasteiger charge is 2.49. The van der Waals surface area contributed by atoms with Gasteiger partial charge in [-0.3, -0.25) is 0 Å². The van der Waals surface area contributed by atoms with E-state index in [0.717, 1.165) is 38.5 Å². The minimum Gasteiger partial charge on any atom is -0.387 e. The maximum absolute atomic E-state index is 10.6. The van der Waals surface area contributed by atoms with Gasteiger partial charge < -0.3 is 54.3 Å². The number of aliphatic hydroxyl groups excluding tert-OH is 6. The van der Waals surface area contributed by atoms with Gasteiger partial charge in [0, 0.05) is 13.2 Å². The van der Waals surface area contributed by atoms with Crippen molar-refractivity contribution in [3.05, 3.63) is 0 Å². The molecule has 6 N–H and O–H groups in total.